The molecule has 0 spiro atoms. The number of hydrogen-bond donors (Lipinski definition) is 2. The van der Waals surface area contributed by atoms with Crippen molar-refractivity contribution in [3.63, 3.8) is 0 Å². The quantitative estimate of drug-likeness (QED) is 0.200. The number of methoxy groups -OCH3 is 1. The van der Waals surface area contributed by atoms with Crippen molar-refractivity contribution in [1.82, 2.24) is 0 Å². The van der Waals surface area contributed by atoms with Crippen LogP contribution in [0.3, 0.4) is 0 Å². The highest BCUT2D eigenvalue weighted by Crippen LogP contribution is 2.30. The van der Waals surface area contributed by atoms with Crippen LogP contribution in [0.5, 0.6) is 5.75 Å². The molecule has 0 atom stereocenters. The van der Waals surface area contributed by atoms with Gasteiger partial charge in [0.15, 0.2) is 0 Å². The molecule has 39 heavy (non-hydrogen) atoms. The molecule has 3 aromatic rings. The fraction of sp³-hybridized carbons (Fsp3) is 0.172. The number of nitrogens with one attached hydrogen (secondary N) is 2. The summed E-state index contributed by atoms with van der Waals surface area (Å²) in [6.45, 7) is 2.32. The minimum Gasteiger partial charge on any atom is -0.495 e. The molecule has 1 heterocycles. The van der Waals surface area contributed by atoms with E-state index in [4.69, 9.17) is 21.1 Å². The van der Waals surface area contributed by atoms with E-state index in [2.05, 4.69) is 10.6 Å². The summed E-state index contributed by atoms with van der Waals surface area (Å²) in [7, 11) is 1.52. The summed E-state index contributed by atoms with van der Waals surface area (Å²) in [6, 6.07) is 19.3. The van der Waals surface area contributed by atoms with Crippen LogP contribution in [-0.2, 0) is 14.3 Å². The van der Waals surface area contributed by atoms with Gasteiger partial charge in [-0.1, -0.05) is 37.1 Å². The zero-order valence-corrected chi connectivity index (χ0v) is 22.1. The molecular weight excluding hydrogens is 522 g/mol. The zero-order chi connectivity index (χ0) is 27.9. The Hall–Kier alpha value is -4.63. The molecule has 0 aliphatic carbocycles. The Morgan fingerprint density at radius 1 is 0.897 bits per heavy atom. The summed E-state index contributed by atoms with van der Waals surface area (Å²) < 4.78 is 10.4. The number of halogens is 1. The lowest BCUT2D eigenvalue weighted by Crippen LogP contribution is -2.32. The molecule has 0 fully saturated rings. The van der Waals surface area contributed by atoms with Crippen LogP contribution in [-0.4, -0.2) is 37.4 Å². The summed E-state index contributed by atoms with van der Waals surface area (Å²) in [5.74, 6) is -1.65. The average molecular weight is 548 g/mol. The number of anilines is 3. The number of carbonyl (C=O) groups is 4. The van der Waals surface area contributed by atoms with Crippen molar-refractivity contribution in [1.29, 1.82) is 0 Å². The average Bonchev–Trinajstić information content (AvgIpc) is 3.16. The Balaban J connectivity index is 1.42. The lowest BCUT2D eigenvalue weighted by molar-refractivity contribution is -0.120. The normalized spacial score (nSPS) is 12.9. The first-order valence-corrected chi connectivity index (χ1v) is 12.6. The highest BCUT2D eigenvalue weighted by Gasteiger charge is 2.39. The molecule has 0 unspecified atom stereocenters. The standard InChI is InChI=1S/C29H26ClN3O6/c1-3-4-17-39-29(37)19-11-15-21(16-12-19)33-27(35)24(30)25(28(33)36)31-20-13-9-18(10-14-20)26(34)32-22-7-5-6-8-23(22)38-2/h5-16,31H,3-4,17H2,1-2H3,(H,32,34). The van der Waals surface area contributed by atoms with E-state index in [0.717, 1.165) is 17.7 Å². The summed E-state index contributed by atoms with van der Waals surface area (Å²) in [4.78, 5) is 51.6. The molecule has 2 N–H and O–H groups in total. The molecule has 1 aliphatic rings. The van der Waals surface area contributed by atoms with Crippen LogP contribution < -0.4 is 20.3 Å². The van der Waals surface area contributed by atoms with Gasteiger partial charge in [0, 0.05) is 11.3 Å². The molecule has 4 rings (SSSR count). The van der Waals surface area contributed by atoms with Crippen LogP contribution in [0.1, 0.15) is 40.5 Å². The molecule has 3 amide bonds. The van der Waals surface area contributed by atoms with Gasteiger partial charge in [0.25, 0.3) is 17.7 Å². The number of esters is 1. The van der Waals surface area contributed by atoms with E-state index in [-0.39, 0.29) is 22.3 Å². The Bertz CT molecular complexity index is 1430. The second-order valence-corrected chi connectivity index (χ2v) is 8.91. The first kappa shape index (κ1) is 27.4. The molecular formula is C29H26ClN3O6. The highest BCUT2D eigenvalue weighted by molar-refractivity contribution is 6.53. The number of carbonyl (C=O) groups excluding carboxylic acids is 4. The van der Waals surface area contributed by atoms with Crippen molar-refractivity contribution in [2.75, 3.05) is 29.3 Å². The van der Waals surface area contributed by atoms with Crippen LogP contribution in [0, 0.1) is 0 Å². The molecule has 0 saturated heterocycles. The SMILES string of the molecule is CCCCOC(=O)c1ccc(N2C(=O)C(Cl)=C(Nc3ccc(C(=O)Nc4ccccc4OC)cc3)C2=O)cc1. The number of benzene rings is 3. The second-order valence-electron chi connectivity index (χ2n) is 8.53. The zero-order valence-electron chi connectivity index (χ0n) is 21.3. The van der Waals surface area contributed by atoms with Crippen LogP contribution in [0.2, 0.25) is 0 Å². The number of nitrogens with zero attached hydrogens (tertiary/aromatic N) is 1. The Labute approximate surface area is 230 Å². The number of hydrogen-bond acceptors (Lipinski definition) is 7. The highest BCUT2D eigenvalue weighted by atomic mass is 35.5. The van der Waals surface area contributed by atoms with Crippen molar-refractivity contribution >= 4 is 52.4 Å². The molecule has 3 aromatic carbocycles. The molecule has 1 aliphatic heterocycles. The third-order valence-corrected chi connectivity index (χ3v) is 6.24. The Morgan fingerprint density at radius 3 is 2.23 bits per heavy atom. The molecule has 10 heteroatoms. The van der Waals surface area contributed by atoms with Gasteiger partial charge in [0.1, 0.15) is 16.5 Å². The number of unbranched alkanes of at least 4 members (excludes halogenated alkanes) is 1. The third-order valence-electron chi connectivity index (χ3n) is 5.89. The van der Waals surface area contributed by atoms with E-state index in [1.165, 1.54) is 31.4 Å². The maximum atomic E-state index is 13.1. The van der Waals surface area contributed by atoms with Crippen molar-refractivity contribution in [3.05, 3.63) is 94.7 Å². The lowest BCUT2D eigenvalue weighted by Gasteiger charge is -2.15. The third kappa shape index (κ3) is 6.10. The second kappa shape index (κ2) is 12.3. The summed E-state index contributed by atoms with van der Waals surface area (Å²) in [6.07, 6.45) is 1.66. The minimum absolute atomic E-state index is 0.101. The van der Waals surface area contributed by atoms with Crippen molar-refractivity contribution in [2.24, 2.45) is 0 Å². The number of amides is 3. The lowest BCUT2D eigenvalue weighted by atomic mass is 10.1. The molecule has 0 bridgehead atoms. The predicted molar refractivity (Wildman–Crippen MR) is 148 cm³/mol. The molecule has 200 valence electrons. The van der Waals surface area contributed by atoms with Gasteiger partial charge in [0.2, 0.25) is 0 Å². The summed E-state index contributed by atoms with van der Waals surface area (Å²) in [5.41, 5.74) is 1.81. The number of imide groups is 1. The summed E-state index contributed by atoms with van der Waals surface area (Å²) >= 11 is 6.23. The molecule has 9 nitrogen and oxygen atoms in total. The molecule has 0 radical (unpaired) electrons. The predicted octanol–water partition coefficient (Wildman–Crippen LogP) is 5.34. The van der Waals surface area contributed by atoms with Crippen molar-refractivity contribution < 1.29 is 28.7 Å². The van der Waals surface area contributed by atoms with Crippen molar-refractivity contribution in [2.45, 2.75) is 19.8 Å². The largest absolute Gasteiger partial charge is 0.495 e. The van der Waals surface area contributed by atoms with E-state index in [0.29, 0.717) is 34.9 Å². The maximum absolute atomic E-state index is 13.1. The van der Waals surface area contributed by atoms with E-state index >= 15 is 0 Å². The van der Waals surface area contributed by atoms with E-state index in [1.807, 2.05) is 6.92 Å². The fourth-order valence-corrected chi connectivity index (χ4v) is 3.99. The smallest absolute Gasteiger partial charge is 0.338 e. The number of rotatable bonds is 10. The first-order chi connectivity index (χ1) is 18.8. The topological polar surface area (TPSA) is 114 Å². The van der Waals surface area contributed by atoms with Gasteiger partial charge in [0.05, 0.1) is 30.7 Å². The van der Waals surface area contributed by atoms with Crippen LogP contribution in [0.25, 0.3) is 0 Å². The Kier molecular flexibility index (Phi) is 8.63. The fourth-order valence-electron chi connectivity index (χ4n) is 3.78. The van der Waals surface area contributed by atoms with Crippen LogP contribution in [0.4, 0.5) is 17.1 Å². The van der Waals surface area contributed by atoms with Crippen LogP contribution in [0.15, 0.2) is 83.5 Å². The van der Waals surface area contributed by atoms with Gasteiger partial charge < -0.3 is 20.1 Å². The van der Waals surface area contributed by atoms with Crippen molar-refractivity contribution in [3.8, 4) is 5.75 Å². The van der Waals surface area contributed by atoms with Gasteiger partial charge in [-0.2, -0.15) is 0 Å². The number of ether oxygens (including phenoxy) is 2. The van der Waals surface area contributed by atoms with Gasteiger partial charge in [-0.3, -0.25) is 14.4 Å². The number of para-hydroxylation sites is 2. The van der Waals surface area contributed by atoms with Gasteiger partial charge in [-0.05, 0) is 67.1 Å². The summed E-state index contributed by atoms with van der Waals surface area (Å²) in [5, 5.41) is 5.38. The van der Waals surface area contributed by atoms with E-state index in [9.17, 15) is 19.2 Å². The van der Waals surface area contributed by atoms with Gasteiger partial charge in [-0.25, -0.2) is 9.69 Å². The maximum Gasteiger partial charge on any atom is 0.338 e. The molecule has 0 saturated carbocycles. The van der Waals surface area contributed by atoms with Gasteiger partial charge >= 0.3 is 5.97 Å². The van der Waals surface area contributed by atoms with Crippen LogP contribution >= 0.6 is 11.6 Å². The minimum atomic E-state index is -0.699. The first-order valence-electron chi connectivity index (χ1n) is 12.2. The molecule has 0 aromatic heterocycles. The van der Waals surface area contributed by atoms with Gasteiger partial charge in [-0.15, -0.1) is 0 Å². The van der Waals surface area contributed by atoms with E-state index in [1.54, 1.807) is 48.5 Å². The monoisotopic (exact) mass is 547 g/mol. The van der Waals surface area contributed by atoms with E-state index < -0.39 is 17.8 Å². The Morgan fingerprint density at radius 2 is 1.56 bits per heavy atom.